The molecular weight excluding hydrogens is 404 g/mol. The number of carbonyl (C=O) groups excluding carboxylic acids is 1. The van der Waals surface area contributed by atoms with Crippen LogP contribution in [0.2, 0.25) is 0 Å². The summed E-state index contributed by atoms with van der Waals surface area (Å²) in [6.45, 7) is 8.32. The van der Waals surface area contributed by atoms with Gasteiger partial charge in [-0.05, 0) is 56.9 Å². The Morgan fingerprint density at radius 3 is 2.59 bits per heavy atom. The first-order chi connectivity index (χ1) is 15.4. The average molecular weight is 435 g/mol. The number of ether oxygens (including phenoxy) is 1. The van der Waals surface area contributed by atoms with E-state index in [0.717, 1.165) is 49.0 Å². The maximum absolute atomic E-state index is 12.7. The van der Waals surface area contributed by atoms with Gasteiger partial charge in [0, 0.05) is 42.7 Å². The molecule has 0 unspecified atom stereocenters. The van der Waals surface area contributed by atoms with Crippen LogP contribution in [0.25, 0.3) is 11.0 Å². The predicted molar refractivity (Wildman–Crippen MR) is 125 cm³/mol. The highest BCUT2D eigenvalue weighted by molar-refractivity contribution is 5.85. The van der Waals surface area contributed by atoms with E-state index in [4.69, 9.17) is 9.15 Å². The number of amides is 1. The summed E-state index contributed by atoms with van der Waals surface area (Å²) in [7, 11) is 0. The summed E-state index contributed by atoms with van der Waals surface area (Å²) >= 11 is 0. The highest BCUT2D eigenvalue weighted by atomic mass is 16.5. The van der Waals surface area contributed by atoms with Crippen LogP contribution in [0.3, 0.4) is 0 Å². The molecule has 1 amide bonds. The van der Waals surface area contributed by atoms with Crippen molar-refractivity contribution in [3.63, 3.8) is 0 Å². The van der Waals surface area contributed by atoms with Gasteiger partial charge in [0.05, 0.1) is 0 Å². The van der Waals surface area contributed by atoms with E-state index >= 15 is 0 Å². The maximum atomic E-state index is 12.7. The topological polar surface area (TPSA) is 71.8 Å². The molecule has 1 N–H and O–H groups in total. The second-order valence-electron chi connectivity index (χ2n) is 8.62. The number of benzene rings is 2. The van der Waals surface area contributed by atoms with Gasteiger partial charge in [-0.1, -0.05) is 30.3 Å². The normalized spacial score (nSPS) is 16.1. The lowest BCUT2D eigenvalue weighted by Gasteiger charge is -2.33. The fourth-order valence-corrected chi connectivity index (χ4v) is 4.27. The molecule has 0 spiro atoms. The van der Waals surface area contributed by atoms with Gasteiger partial charge in [-0.3, -0.25) is 9.69 Å². The van der Waals surface area contributed by atoms with E-state index in [1.165, 1.54) is 11.6 Å². The van der Waals surface area contributed by atoms with Crippen LogP contribution in [0.5, 0.6) is 5.75 Å². The molecule has 168 valence electrons. The first-order valence-corrected chi connectivity index (χ1v) is 11.2. The summed E-state index contributed by atoms with van der Waals surface area (Å²) < 4.78 is 11.3. The van der Waals surface area contributed by atoms with E-state index < -0.39 is 6.10 Å². The molecule has 4 rings (SSSR count). The molecule has 1 aromatic heterocycles. The van der Waals surface area contributed by atoms with Crippen LogP contribution in [0.15, 0.2) is 57.7 Å². The number of piperidine rings is 1. The number of aryl methyl sites for hydroxylation is 2. The van der Waals surface area contributed by atoms with Gasteiger partial charge in [0.15, 0.2) is 6.10 Å². The van der Waals surface area contributed by atoms with Crippen molar-refractivity contribution in [3.8, 4) is 5.75 Å². The second kappa shape index (κ2) is 9.57. The van der Waals surface area contributed by atoms with Crippen molar-refractivity contribution in [2.75, 3.05) is 13.1 Å². The standard InChI is InChI=1S/C26H30N2O4/c1-17-15-24(29)32-25-18(2)23(10-9-22(17)25)31-19(3)26(30)27-21-11-13-28(14-12-21)16-20-7-5-4-6-8-20/h4-10,15,19,21H,11-14,16H2,1-3H3,(H,27,30)/t19-/m1/s1. The summed E-state index contributed by atoms with van der Waals surface area (Å²) in [4.78, 5) is 26.9. The summed E-state index contributed by atoms with van der Waals surface area (Å²) in [6, 6.07) is 15.8. The third-order valence-corrected chi connectivity index (χ3v) is 6.17. The van der Waals surface area contributed by atoms with Crippen LogP contribution in [0.1, 0.15) is 36.5 Å². The molecule has 2 heterocycles. The lowest BCUT2D eigenvalue weighted by Crippen LogP contribution is -2.47. The summed E-state index contributed by atoms with van der Waals surface area (Å²) in [5.41, 5.74) is 3.01. The summed E-state index contributed by atoms with van der Waals surface area (Å²) in [5.74, 6) is 0.420. The van der Waals surface area contributed by atoms with Crippen molar-refractivity contribution in [2.24, 2.45) is 0 Å². The van der Waals surface area contributed by atoms with Crippen molar-refractivity contribution < 1.29 is 13.9 Å². The number of hydrogen-bond donors (Lipinski definition) is 1. The Morgan fingerprint density at radius 2 is 1.88 bits per heavy atom. The first-order valence-electron chi connectivity index (χ1n) is 11.2. The predicted octanol–water partition coefficient (Wildman–Crippen LogP) is 3.96. The van der Waals surface area contributed by atoms with Crippen molar-refractivity contribution in [1.29, 1.82) is 0 Å². The number of nitrogens with zero attached hydrogens (tertiary/aromatic N) is 1. The molecule has 32 heavy (non-hydrogen) atoms. The molecule has 1 saturated heterocycles. The Kier molecular flexibility index (Phi) is 6.61. The number of rotatable bonds is 6. The van der Waals surface area contributed by atoms with Crippen LogP contribution >= 0.6 is 0 Å². The third-order valence-electron chi connectivity index (χ3n) is 6.17. The molecule has 0 bridgehead atoms. The Hall–Kier alpha value is -3.12. The van der Waals surface area contributed by atoms with Gasteiger partial charge < -0.3 is 14.5 Å². The van der Waals surface area contributed by atoms with Gasteiger partial charge in [-0.2, -0.15) is 0 Å². The quantitative estimate of drug-likeness (QED) is 0.595. The van der Waals surface area contributed by atoms with E-state index in [1.807, 2.05) is 32.0 Å². The van der Waals surface area contributed by atoms with Crippen molar-refractivity contribution >= 4 is 16.9 Å². The van der Waals surface area contributed by atoms with Crippen LogP contribution in [-0.4, -0.2) is 36.0 Å². The molecule has 3 aromatic rings. The number of nitrogens with one attached hydrogen (secondary N) is 1. The minimum atomic E-state index is -0.648. The van der Waals surface area contributed by atoms with E-state index in [2.05, 4.69) is 34.5 Å². The Labute approximate surface area is 188 Å². The van der Waals surface area contributed by atoms with Gasteiger partial charge in [-0.15, -0.1) is 0 Å². The Morgan fingerprint density at radius 1 is 1.16 bits per heavy atom. The highest BCUT2D eigenvalue weighted by Gasteiger charge is 2.24. The smallest absolute Gasteiger partial charge is 0.336 e. The molecule has 6 heteroatoms. The second-order valence-corrected chi connectivity index (χ2v) is 8.62. The number of likely N-dealkylation sites (tertiary alicyclic amines) is 1. The molecule has 1 aliphatic rings. The fourth-order valence-electron chi connectivity index (χ4n) is 4.27. The van der Waals surface area contributed by atoms with E-state index in [-0.39, 0.29) is 17.6 Å². The van der Waals surface area contributed by atoms with Crippen molar-refractivity contribution in [3.05, 3.63) is 75.6 Å². The van der Waals surface area contributed by atoms with Gasteiger partial charge in [0.1, 0.15) is 11.3 Å². The van der Waals surface area contributed by atoms with Crippen LogP contribution in [0, 0.1) is 13.8 Å². The molecular formula is C26H30N2O4. The zero-order valence-electron chi connectivity index (χ0n) is 18.9. The first kappa shape index (κ1) is 22.1. The largest absolute Gasteiger partial charge is 0.480 e. The lowest BCUT2D eigenvalue weighted by molar-refractivity contribution is -0.128. The van der Waals surface area contributed by atoms with E-state index in [9.17, 15) is 9.59 Å². The summed E-state index contributed by atoms with van der Waals surface area (Å²) in [6.07, 6.45) is 1.19. The third kappa shape index (κ3) is 5.02. The number of hydrogen-bond acceptors (Lipinski definition) is 5. The van der Waals surface area contributed by atoms with Crippen LogP contribution < -0.4 is 15.7 Å². The van der Waals surface area contributed by atoms with Crippen molar-refractivity contribution in [2.45, 2.75) is 52.3 Å². The summed E-state index contributed by atoms with van der Waals surface area (Å²) in [5, 5.41) is 4.00. The Balaban J connectivity index is 1.33. The average Bonchev–Trinajstić information content (AvgIpc) is 2.78. The maximum Gasteiger partial charge on any atom is 0.336 e. The molecule has 1 atom stereocenters. The lowest BCUT2D eigenvalue weighted by atomic mass is 10.0. The minimum Gasteiger partial charge on any atom is -0.480 e. The minimum absolute atomic E-state index is 0.128. The zero-order chi connectivity index (χ0) is 22.7. The zero-order valence-corrected chi connectivity index (χ0v) is 18.9. The Bertz CT molecular complexity index is 1150. The molecule has 2 aromatic carbocycles. The van der Waals surface area contributed by atoms with Gasteiger partial charge in [-0.25, -0.2) is 4.79 Å². The molecule has 1 aliphatic heterocycles. The van der Waals surface area contributed by atoms with E-state index in [1.54, 1.807) is 6.92 Å². The molecule has 0 aliphatic carbocycles. The highest BCUT2D eigenvalue weighted by Crippen LogP contribution is 2.29. The molecule has 0 saturated carbocycles. The van der Waals surface area contributed by atoms with Crippen LogP contribution in [-0.2, 0) is 11.3 Å². The van der Waals surface area contributed by atoms with Gasteiger partial charge >= 0.3 is 5.63 Å². The monoisotopic (exact) mass is 434 g/mol. The van der Waals surface area contributed by atoms with Gasteiger partial charge in [0.2, 0.25) is 0 Å². The number of carbonyl (C=O) groups is 1. The molecule has 1 fully saturated rings. The molecule has 0 radical (unpaired) electrons. The molecule has 6 nitrogen and oxygen atoms in total. The van der Waals surface area contributed by atoms with Crippen LogP contribution in [0.4, 0.5) is 0 Å². The fraction of sp³-hybridized carbons (Fsp3) is 0.385. The number of fused-ring (bicyclic) bond motifs is 1. The SMILES string of the molecule is Cc1cc(=O)oc2c(C)c(O[C@H](C)C(=O)NC3CCN(Cc4ccccc4)CC3)ccc12. The van der Waals surface area contributed by atoms with E-state index in [0.29, 0.717) is 11.3 Å². The van der Waals surface area contributed by atoms with Crippen molar-refractivity contribution in [1.82, 2.24) is 10.2 Å². The van der Waals surface area contributed by atoms with Gasteiger partial charge in [0.25, 0.3) is 5.91 Å².